The predicted octanol–water partition coefficient (Wildman–Crippen LogP) is 5.40. The van der Waals surface area contributed by atoms with Crippen molar-refractivity contribution in [3.8, 4) is 5.75 Å². The maximum atomic E-state index is 13.3. The van der Waals surface area contributed by atoms with Crippen molar-refractivity contribution in [1.29, 1.82) is 0 Å². The summed E-state index contributed by atoms with van der Waals surface area (Å²) in [6, 6.07) is 4.81. The van der Waals surface area contributed by atoms with Crippen LogP contribution in [0.15, 0.2) is 24.3 Å². The van der Waals surface area contributed by atoms with Crippen LogP contribution in [0.25, 0.3) is 0 Å². The zero-order chi connectivity index (χ0) is 21.1. The molecule has 27 heavy (non-hydrogen) atoms. The fourth-order valence-corrected chi connectivity index (χ4v) is 1.90. The Bertz CT molecular complexity index is 639. The molecular formula is C15H13F9O3. The summed E-state index contributed by atoms with van der Waals surface area (Å²) in [6.45, 7) is -0.330. The topological polar surface area (TPSA) is 46.5 Å². The van der Waals surface area contributed by atoms with Gasteiger partial charge < -0.3 is 9.84 Å². The average molecular weight is 412 g/mol. The van der Waals surface area contributed by atoms with Gasteiger partial charge in [-0.3, -0.25) is 0 Å². The second-order valence-corrected chi connectivity index (χ2v) is 5.49. The molecule has 0 aliphatic carbocycles. The first kappa shape index (κ1) is 22.9. The molecule has 0 atom stereocenters. The highest BCUT2D eigenvalue weighted by atomic mass is 19.4. The van der Waals surface area contributed by atoms with Gasteiger partial charge in [-0.1, -0.05) is 0 Å². The van der Waals surface area contributed by atoms with Crippen LogP contribution in [0, 0.1) is 0 Å². The highest BCUT2D eigenvalue weighted by Gasteiger charge is 2.81. The fraction of sp³-hybridized carbons (Fsp3) is 0.533. The van der Waals surface area contributed by atoms with Crippen LogP contribution in [0.1, 0.15) is 29.6 Å². The lowest BCUT2D eigenvalue weighted by Gasteiger charge is -2.33. The fourth-order valence-electron chi connectivity index (χ4n) is 1.90. The Balaban J connectivity index is 2.56. The molecule has 0 aliphatic rings. The van der Waals surface area contributed by atoms with Crippen LogP contribution in [0.4, 0.5) is 39.5 Å². The zero-order valence-corrected chi connectivity index (χ0v) is 13.3. The molecule has 0 saturated heterocycles. The van der Waals surface area contributed by atoms with Crippen molar-refractivity contribution in [2.75, 3.05) is 6.61 Å². The molecule has 1 aromatic carbocycles. The predicted molar refractivity (Wildman–Crippen MR) is 73.6 cm³/mol. The number of hydrogen-bond donors (Lipinski definition) is 1. The lowest BCUT2D eigenvalue weighted by atomic mass is 9.99. The number of aromatic carboxylic acids is 1. The molecule has 0 heterocycles. The first-order chi connectivity index (χ1) is 12.1. The summed E-state index contributed by atoms with van der Waals surface area (Å²) in [5.74, 6) is -20.2. The summed E-state index contributed by atoms with van der Waals surface area (Å²) >= 11 is 0. The second-order valence-electron chi connectivity index (χ2n) is 5.49. The summed E-state index contributed by atoms with van der Waals surface area (Å²) in [5.41, 5.74) is -0.0604. The monoisotopic (exact) mass is 412 g/mol. The molecule has 0 aliphatic heterocycles. The SMILES string of the molecule is O=C(O)c1ccc(OCCCCC(F)(F)C(F)(F)C(F)(F)C(F)(F)F)cc1. The van der Waals surface area contributed by atoms with Gasteiger partial charge in [0.05, 0.1) is 12.2 Å². The number of alkyl halides is 9. The van der Waals surface area contributed by atoms with E-state index >= 15 is 0 Å². The quantitative estimate of drug-likeness (QED) is 0.436. The van der Waals surface area contributed by atoms with Crippen molar-refractivity contribution >= 4 is 5.97 Å². The Morgan fingerprint density at radius 1 is 0.852 bits per heavy atom. The molecule has 1 N–H and O–H groups in total. The minimum atomic E-state index is -6.88. The number of benzene rings is 1. The second kappa shape index (κ2) is 7.85. The highest BCUT2D eigenvalue weighted by Crippen LogP contribution is 2.54. The maximum Gasteiger partial charge on any atom is 0.460 e. The van der Waals surface area contributed by atoms with E-state index in [0.29, 0.717) is 0 Å². The molecule has 0 bridgehead atoms. The van der Waals surface area contributed by atoms with Crippen LogP contribution >= 0.6 is 0 Å². The van der Waals surface area contributed by atoms with Gasteiger partial charge in [0.25, 0.3) is 0 Å². The van der Waals surface area contributed by atoms with Crippen molar-refractivity contribution in [2.45, 2.75) is 43.2 Å². The highest BCUT2D eigenvalue weighted by molar-refractivity contribution is 5.87. The van der Waals surface area contributed by atoms with E-state index in [-0.39, 0.29) is 24.3 Å². The minimum Gasteiger partial charge on any atom is -0.494 e. The van der Waals surface area contributed by atoms with Crippen LogP contribution in [0.3, 0.4) is 0 Å². The zero-order valence-electron chi connectivity index (χ0n) is 13.3. The van der Waals surface area contributed by atoms with Crippen LogP contribution in [0.2, 0.25) is 0 Å². The number of unbranched alkanes of at least 4 members (excludes halogenated alkanes) is 1. The van der Waals surface area contributed by atoms with Crippen molar-refractivity contribution in [3.63, 3.8) is 0 Å². The van der Waals surface area contributed by atoms with E-state index in [4.69, 9.17) is 9.84 Å². The van der Waals surface area contributed by atoms with Gasteiger partial charge in [0.2, 0.25) is 0 Å². The van der Waals surface area contributed by atoms with Crippen molar-refractivity contribution in [2.24, 2.45) is 0 Å². The van der Waals surface area contributed by atoms with E-state index < -0.39 is 42.8 Å². The summed E-state index contributed by atoms with van der Waals surface area (Å²) < 4.78 is 119. The van der Waals surface area contributed by atoms with Crippen LogP contribution in [-0.2, 0) is 0 Å². The minimum absolute atomic E-state index is 0.0604. The van der Waals surface area contributed by atoms with Gasteiger partial charge in [-0.05, 0) is 37.1 Å². The van der Waals surface area contributed by atoms with E-state index in [1.807, 2.05) is 0 Å². The summed E-state index contributed by atoms with van der Waals surface area (Å²) in [7, 11) is 0. The van der Waals surface area contributed by atoms with Gasteiger partial charge in [-0.2, -0.15) is 39.5 Å². The molecule has 0 spiro atoms. The Labute approximate surface area is 146 Å². The molecule has 0 amide bonds. The Morgan fingerprint density at radius 2 is 1.37 bits per heavy atom. The molecule has 0 aromatic heterocycles. The molecule has 0 saturated carbocycles. The smallest absolute Gasteiger partial charge is 0.460 e. The average Bonchev–Trinajstić information content (AvgIpc) is 2.53. The standard InChI is InChI=1S/C15H13F9O3/c16-12(17,13(18,19)14(20,21)15(22,23)24)7-1-2-8-27-10-5-3-9(4-6-10)11(25)26/h3-6H,1-2,7-8H2,(H,25,26). The van der Waals surface area contributed by atoms with Gasteiger partial charge in [0.1, 0.15) is 5.75 Å². The number of hydrogen-bond acceptors (Lipinski definition) is 2. The van der Waals surface area contributed by atoms with E-state index in [2.05, 4.69) is 0 Å². The summed E-state index contributed by atoms with van der Waals surface area (Å²) in [6.07, 6.45) is -9.90. The van der Waals surface area contributed by atoms with E-state index in [1.54, 1.807) is 0 Å². The maximum absolute atomic E-state index is 13.3. The molecular weight excluding hydrogens is 399 g/mol. The van der Waals surface area contributed by atoms with E-state index in [0.717, 1.165) is 0 Å². The van der Waals surface area contributed by atoms with Gasteiger partial charge in [-0.25, -0.2) is 4.79 Å². The third-order valence-corrected chi connectivity index (χ3v) is 3.46. The van der Waals surface area contributed by atoms with Crippen molar-refractivity contribution < 1.29 is 54.2 Å². The van der Waals surface area contributed by atoms with Crippen LogP contribution in [-0.4, -0.2) is 41.6 Å². The van der Waals surface area contributed by atoms with Gasteiger partial charge in [0.15, 0.2) is 0 Å². The molecule has 0 unspecified atom stereocenters. The molecule has 154 valence electrons. The Hall–Kier alpha value is -2.14. The number of rotatable bonds is 9. The normalized spacial score (nSPS) is 13.5. The number of carbonyl (C=O) groups is 1. The van der Waals surface area contributed by atoms with E-state index in [9.17, 15) is 44.3 Å². The van der Waals surface area contributed by atoms with Crippen molar-refractivity contribution in [1.82, 2.24) is 0 Å². The number of carboxylic acid groups (broad SMARTS) is 1. The first-order valence-electron chi connectivity index (χ1n) is 7.30. The number of halogens is 9. The Morgan fingerprint density at radius 3 is 1.81 bits per heavy atom. The molecule has 3 nitrogen and oxygen atoms in total. The lowest BCUT2D eigenvalue weighted by molar-refractivity contribution is -0.396. The van der Waals surface area contributed by atoms with Gasteiger partial charge in [-0.15, -0.1) is 0 Å². The van der Waals surface area contributed by atoms with E-state index in [1.165, 1.54) is 24.3 Å². The molecule has 12 heteroatoms. The molecule has 1 aromatic rings. The van der Waals surface area contributed by atoms with Crippen molar-refractivity contribution in [3.05, 3.63) is 29.8 Å². The number of ether oxygens (including phenoxy) is 1. The van der Waals surface area contributed by atoms with Gasteiger partial charge in [0, 0.05) is 6.42 Å². The van der Waals surface area contributed by atoms with Gasteiger partial charge >= 0.3 is 29.9 Å². The molecule has 0 radical (unpaired) electrons. The third kappa shape index (κ3) is 4.98. The largest absolute Gasteiger partial charge is 0.494 e. The molecule has 1 rings (SSSR count). The van der Waals surface area contributed by atoms with Crippen LogP contribution in [0.5, 0.6) is 5.75 Å². The summed E-state index contributed by atoms with van der Waals surface area (Å²) in [5, 5.41) is 8.67. The summed E-state index contributed by atoms with van der Waals surface area (Å²) in [4.78, 5) is 10.6. The lowest BCUT2D eigenvalue weighted by Crippen LogP contribution is -2.60. The third-order valence-electron chi connectivity index (χ3n) is 3.46. The molecule has 0 fully saturated rings. The number of carboxylic acids is 1. The Kier molecular flexibility index (Phi) is 6.66. The first-order valence-corrected chi connectivity index (χ1v) is 7.30. The van der Waals surface area contributed by atoms with Crippen LogP contribution < -0.4 is 4.74 Å².